The van der Waals surface area contributed by atoms with Crippen molar-refractivity contribution in [2.45, 2.75) is 75.5 Å². The Morgan fingerprint density at radius 1 is 1.00 bits per heavy atom. The highest BCUT2D eigenvalue weighted by molar-refractivity contribution is 7.91. The summed E-state index contributed by atoms with van der Waals surface area (Å²) in [4.78, 5) is 0. The van der Waals surface area contributed by atoms with E-state index in [4.69, 9.17) is 4.74 Å². The predicted molar refractivity (Wildman–Crippen MR) is 79.6 cm³/mol. The van der Waals surface area contributed by atoms with E-state index in [2.05, 4.69) is 5.32 Å². The summed E-state index contributed by atoms with van der Waals surface area (Å²) in [5.41, 5.74) is 0.195. The van der Waals surface area contributed by atoms with Crippen molar-refractivity contribution >= 4 is 9.84 Å². The Morgan fingerprint density at radius 2 is 1.70 bits per heavy atom. The third-order valence-electron chi connectivity index (χ3n) is 5.29. The highest BCUT2D eigenvalue weighted by Gasteiger charge is 2.40. The van der Waals surface area contributed by atoms with Gasteiger partial charge < -0.3 is 10.1 Å². The highest BCUT2D eigenvalue weighted by atomic mass is 32.2. The van der Waals surface area contributed by atoms with E-state index in [-0.39, 0.29) is 5.60 Å². The van der Waals surface area contributed by atoms with E-state index in [1.54, 1.807) is 0 Å². The van der Waals surface area contributed by atoms with Crippen LogP contribution < -0.4 is 5.32 Å². The van der Waals surface area contributed by atoms with Gasteiger partial charge in [0.2, 0.25) is 0 Å². The third kappa shape index (κ3) is 3.55. The van der Waals surface area contributed by atoms with Crippen LogP contribution in [0, 0.1) is 0 Å². The van der Waals surface area contributed by atoms with Gasteiger partial charge in [0.1, 0.15) is 9.84 Å². The average Bonchev–Trinajstić information content (AvgIpc) is 2.81. The average molecular weight is 301 g/mol. The molecule has 1 N–H and O–H groups in total. The lowest BCUT2D eigenvalue weighted by molar-refractivity contribution is -0.0630. The molecule has 1 spiro atoms. The zero-order valence-electron chi connectivity index (χ0n) is 12.3. The summed E-state index contributed by atoms with van der Waals surface area (Å²) >= 11 is 0. The number of sulfone groups is 1. The number of ether oxygens (including phenoxy) is 1. The quantitative estimate of drug-likeness (QED) is 0.866. The Morgan fingerprint density at radius 3 is 2.40 bits per heavy atom. The molecule has 0 aromatic carbocycles. The summed E-state index contributed by atoms with van der Waals surface area (Å²) < 4.78 is 29.2. The van der Waals surface area contributed by atoms with Gasteiger partial charge in [0.05, 0.1) is 23.2 Å². The molecule has 5 heteroatoms. The molecule has 20 heavy (non-hydrogen) atoms. The fraction of sp³-hybridized carbons (Fsp3) is 1.00. The lowest BCUT2D eigenvalue weighted by Crippen LogP contribution is -2.42. The zero-order valence-corrected chi connectivity index (χ0v) is 13.1. The van der Waals surface area contributed by atoms with E-state index in [0.29, 0.717) is 23.7 Å². The Bertz CT molecular complexity index is 414. The van der Waals surface area contributed by atoms with Gasteiger partial charge in [0, 0.05) is 12.6 Å². The van der Waals surface area contributed by atoms with Crippen molar-refractivity contribution in [3.8, 4) is 0 Å². The topological polar surface area (TPSA) is 55.4 Å². The van der Waals surface area contributed by atoms with Crippen LogP contribution in [-0.4, -0.2) is 44.2 Å². The van der Waals surface area contributed by atoms with Gasteiger partial charge in [-0.15, -0.1) is 0 Å². The maximum Gasteiger partial charge on any atom is 0.150 e. The Kier molecular flexibility index (Phi) is 4.39. The molecule has 3 rings (SSSR count). The van der Waals surface area contributed by atoms with E-state index in [1.165, 1.54) is 38.5 Å². The SMILES string of the molecule is O=S1(=O)CCC(NCC2CCC3(CCCCC3)O2)CC1. The minimum Gasteiger partial charge on any atom is -0.370 e. The molecule has 1 unspecified atom stereocenters. The van der Waals surface area contributed by atoms with Crippen LogP contribution in [-0.2, 0) is 14.6 Å². The smallest absolute Gasteiger partial charge is 0.150 e. The van der Waals surface area contributed by atoms with Crippen LogP contribution in [0.1, 0.15) is 57.8 Å². The van der Waals surface area contributed by atoms with Gasteiger partial charge in [-0.2, -0.15) is 0 Å². The minimum absolute atomic E-state index is 0.195. The summed E-state index contributed by atoms with van der Waals surface area (Å²) in [6, 6.07) is 0.366. The summed E-state index contributed by atoms with van der Waals surface area (Å²) in [6.45, 7) is 0.895. The van der Waals surface area contributed by atoms with Crippen molar-refractivity contribution in [3.05, 3.63) is 0 Å². The molecule has 0 amide bonds. The first-order valence-electron chi connectivity index (χ1n) is 8.19. The van der Waals surface area contributed by atoms with E-state index in [1.807, 2.05) is 0 Å². The van der Waals surface area contributed by atoms with Crippen molar-refractivity contribution in [2.75, 3.05) is 18.1 Å². The normalized spacial score (nSPS) is 33.5. The largest absolute Gasteiger partial charge is 0.370 e. The van der Waals surface area contributed by atoms with Crippen LogP contribution in [0.2, 0.25) is 0 Å². The molecular weight excluding hydrogens is 274 g/mol. The molecule has 0 bridgehead atoms. The molecule has 1 atom stereocenters. The van der Waals surface area contributed by atoms with E-state index >= 15 is 0 Å². The summed E-state index contributed by atoms with van der Waals surface area (Å²) in [6.07, 6.45) is 10.7. The van der Waals surface area contributed by atoms with Gasteiger partial charge in [-0.05, 0) is 38.5 Å². The van der Waals surface area contributed by atoms with Gasteiger partial charge in [0.25, 0.3) is 0 Å². The number of nitrogens with one attached hydrogen (secondary N) is 1. The Hall–Kier alpha value is -0.130. The van der Waals surface area contributed by atoms with Crippen molar-refractivity contribution in [1.82, 2.24) is 5.32 Å². The van der Waals surface area contributed by atoms with Crippen molar-refractivity contribution < 1.29 is 13.2 Å². The first-order valence-corrected chi connectivity index (χ1v) is 10.0. The van der Waals surface area contributed by atoms with Crippen LogP contribution in [0.25, 0.3) is 0 Å². The molecule has 3 aliphatic rings. The lowest BCUT2D eigenvalue weighted by atomic mass is 9.83. The number of hydrogen-bond acceptors (Lipinski definition) is 4. The molecule has 2 heterocycles. The number of hydrogen-bond donors (Lipinski definition) is 1. The molecule has 116 valence electrons. The van der Waals surface area contributed by atoms with E-state index < -0.39 is 9.84 Å². The minimum atomic E-state index is -2.75. The second-order valence-corrected chi connectivity index (χ2v) is 9.16. The number of rotatable bonds is 3. The molecule has 0 radical (unpaired) electrons. The third-order valence-corrected chi connectivity index (χ3v) is 7.01. The molecule has 3 fully saturated rings. The maximum atomic E-state index is 11.4. The van der Waals surface area contributed by atoms with E-state index in [9.17, 15) is 8.42 Å². The maximum absolute atomic E-state index is 11.4. The summed E-state index contributed by atoms with van der Waals surface area (Å²) in [7, 11) is -2.75. The Balaban J connectivity index is 1.42. The highest BCUT2D eigenvalue weighted by Crippen LogP contribution is 2.41. The second-order valence-electron chi connectivity index (χ2n) is 6.86. The molecule has 2 saturated heterocycles. The fourth-order valence-electron chi connectivity index (χ4n) is 4.00. The first-order chi connectivity index (χ1) is 9.57. The molecule has 1 saturated carbocycles. The summed E-state index contributed by atoms with van der Waals surface area (Å²) in [5.74, 6) is 0.695. The van der Waals surface area contributed by atoms with Crippen molar-refractivity contribution in [2.24, 2.45) is 0 Å². The Labute approximate surface area is 122 Å². The molecule has 2 aliphatic heterocycles. The molecule has 4 nitrogen and oxygen atoms in total. The van der Waals surface area contributed by atoms with Crippen LogP contribution in [0.15, 0.2) is 0 Å². The lowest BCUT2D eigenvalue weighted by Gasteiger charge is -2.33. The predicted octanol–water partition coefficient (Wildman–Crippen LogP) is 2.04. The van der Waals surface area contributed by atoms with Crippen LogP contribution in [0.3, 0.4) is 0 Å². The molecule has 0 aromatic rings. The van der Waals surface area contributed by atoms with Crippen molar-refractivity contribution in [3.63, 3.8) is 0 Å². The zero-order chi connectivity index (χ0) is 14.1. The van der Waals surface area contributed by atoms with Gasteiger partial charge in [0.15, 0.2) is 0 Å². The van der Waals surface area contributed by atoms with Gasteiger partial charge in [-0.3, -0.25) is 0 Å². The monoisotopic (exact) mass is 301 g/mol. The van der Waals surface area contributed by atoms with Crippen LogP contribution >= 0.6 is 0 Å². The first kappa shape index (κ1) is 14.8. The molecular formula is C15H27NO3S. The van der Waals surface area contributed by atoms with Crippen LogP contribution in [0.4, 0.5) is 0 Å². The van der Waals surface area contributed by atoms with Crippen molar-refractivity contribution in [1.29, 1.82) is 0 Å². The summed E-state index contributed by atoms with van der Waals surface area (Å²) in [5, 5.41) is 3.53. The van der Waals surface area contributed by atoms with Gasteiger partial charge in [-0.1, -0.05) is 19.3 Å². The van der Waals surface area contributed by atoms with Gasteiger partial charge in [-0.25, -0.2) is 8.42 Å². The fourth-order valence-corrected chi connectivity index (χ4v) is 5.49. The molecule has 1 aliphatic carbocycles. The molecule has 0 aromatic heterocycles. The van der Waals surface area contributed by atoms with Gasteiger partial charge >= 0.3 is 0 Å². The van der Waals surface area contributed by atoms with E-state index in [0.717, 1.165) is 25.8 Å². The van der Waals surface area contributed by atoms with Crippen LogP contribution in [0.5, 0.6) is 0 Å². The second kappa shape index (κ2) is 5.93. The standard InChI is InChI=1S/C15H27NO3S/c17-20(18)10-5-13(6-11-20)16-12-14-4-9-15(19-14)7-2-1-3-8-15/h13-14,16H,1-12H2.